The molecule has 19 heavy (non-hydrogen) atoms. The lowest BCUT2D eigenvalue weighted by Crippen LogP contribution is -2.02. The fraction of sp³-hybridized carbons (Fsp3) is 0.125. The third-order valence-corrected chi connectivity index (χ3v) is 3.90. The van der Waals surface area contributed by atoms with Gasteiger partial charge in [-0.15, -0.1) is 0 Å². The number of thiophene rings is 1. The van der Waals surface area contributed by atoms with Crippen molar-refractivity contribution >= 4 is 28.0 Å². The highest BCUT2D eigenvalue weighted by molar-refractivity contribution is 7.07. The van der Waals surface area contributed by atoms with Crippen molar-refractivity contribution in [2.45, 2.75) is 12.8 Å². The minimum atomic E-state index is 0.185. The van der Waals surface area contributed by atoms with Gasteiger partial charge in [-0.3, -0.25) is 9.78 Å². The first-order valence-corrected chi connectivity index (χ1v) is 7.17. The van der Waals surface area contributed by atoms with Gasteiger partial charge in [0.2, 0.25) is 0 Å². The minimum Gasteiger partial charge on any atom is -0.294 e. The average Bonchev–Trinajstić information content (AvgIpc) is 2.97. The Kier molecular flexibility index (Phi) is 3.38. The number of fused-ring (bicyclic) bond motifs is 1. The molecule has 0 spiro atoms. The Balaban J connectivity index is 1.85. The van der Waals surface area contributed by atoms with Gasteiger partial charge in [0.15, 0.2) is 5.78 Å². The molecule has 2 heterocycles. The SMILES string of the molecule is O=C(CCc1ccsc1)c1ccnc2ccccc12. The maximum Gasteiger partial charge on any atom is 0.163 e. The van der Waals surface area contributed by atoms with E-state index in [1.165, 1.54) is 5.56 Å². The number of carbonyl (C=O) groups is 1. The van der Waals surface area contributed by atoms with Gasteiger partial charge in [0.05, 0.1) is 5.52 Å². The molecule has 1 aromatic carbocycles. The predicted octanol–water partition coefficient (Wildman–Crippen LogP) is 4.11. The van der Waals surface area contributed by atoms with Crippen molar-refractivity contribution in [2.24, 2.45) is 0 Å². The van der Waals surface area contributed by atoms with Crippen molar-refractivity contribution in [3.63, 3.8) is 0 Å². The van der Waals surface area contributed by atoms with Gasteiger partial charge in [-0.2, -0.15) is 11.3 Å². The second kappa shape index (κ2) is 5.33. The molecule has 0 unspecified atom stereocenters. The van der Waals surface area contributed by atoms with Gasteiger partial charge >= 0.3 is 0 Å². The molecule has 2 nitrogen and oxygen atoms in total. The van der Waals surface area contributed by atoms with Crippen LogP contribution in [0, 0.1) is 0 Å². The van der Waals surface area contributed by atoms with Gasteiger partial charge < -0.3 is 0 Å². The molecule has 0 saturated heterocycles. The predicted molar refractivity (Wildman–Crippen MR) is 78.7 cm³/mol. The zero-order valence-electron chi connectivity index (χ0n) is 10.4. The number of Topliss-reactive ketones (excluding diaryl/α,β-unsaturated/α-hetero) is 1. The maximum absolute atomic E-state index is 12.3. The Labute approximate surface area is 115 Å². The molecule has 3 heteroatoms. The first kappa shape index (κ1) is 12.1. The number of rotatable bonds is 4. The van der Waals surface area contributed by atoms with E-state index < -0.39 is 0 Å². The van der Waals surface area contributed by atoms with Crippen molar-refractivity contribution in [1.82, 2.24) is 4.98 Å². The van der Waals surface area contributed by atoms with Gasteiger partial charge in [-0.25, -0.2) is 0 Å². The Morgan fingerprint density at radius 1 is 1.16 bits per heavy atom. The topological polar surface area (TPSA) is 30.0 Å². The third-order valence-electron chi connectivity index (χ3n) is 3.17. The maximum atomic E-state index is 12.3. The molecular weight excluding hydrogens is 254 g/mol. The van der Waals surface area contributed by atoms with Crippen LogP contribution in [0.15, 0.2) is 53.4 Å². The number of nitrogens with zero attached hydrogens (tertiary/aromatic N) is 1. The summed E-state index contributed by atoms with van der Waals surface area (Å²) in [5.41, 5.74) is 2.89. The monoisotopic (exact) mass is 267 g/mol. The Morgan fingerprint density at radius 2 is 2.05 bits per heavy atom. The van der Waals surface area contributed by atoms with Gasteiger partial charge in [0, 0.05) is 23.6 Å². The largest absolute Gasteiger partial charge is 0.294 e. The second-order valence-electron chi connectivity index (χ2n) is 4.43. The fourth-order valence-corrected chi connectivity index (χ4v) is 2.87. The highest BCUT2D eigenvalue weighted by Crippen LogP contribution is 2.19. The lowest BCUT2D eigenvalue weighted by Gasteiger charge is -2.04. The Bertz CT molecular complexity index is 698. The smallest absolute Gasteiger partial charge is 0.163 e. The molecule has 0 N–H and O–H groups in total. The van der Waals surface area contributed by atoms with E-state index >= 15 is 0 Å². The van der Waals surface area contributed by atoms with Crippen molar-refractivity contribution in [2.75, 3.05) is 0 Å². The zero-order valence-corrected chi connectivity index (χ0v) is 11.2. The molecule has 0 aliphatic carbocycles. The molecule has 0 fully saturated rings. The second-order valence-corrected chi connectivity index (χ2v) is 5.21. The highest BCUT2D eigenvalue weighted by atomic mass is 32.1. The molecule has 0 saturated carbocycles. The van der Waals surface area contributed by atoms with Crippen LogP contribution < -0.4 is 0 Å². The van der Waals surface area contributed by atoms with Crippen molar-refractivity contribution < 1.29 is 4.79 Å². The molecule has 0 atom stereocenters. The summed E-state index contributed by atoms with van der Waals surface area (Å²) in [6.45, 7) is 0. The lowest BCUT2D eigenvalue weighted by atomic mass is 10.0. The van der Waals surface area contributed by atoms with Crippen molar-refractivity contribution in [1.29, 1.82) is 0 Å². The number of hydrogen-bond donors (Lipinski definition) is 0. The summed E-state index contributed by atoms with van der Waals surface area (Å²) in [6, 6.07) is 11.7. The van der Waals surface area contributed by atoms with Gasteiger partial charge in [0.25, 0.3) is 0 Å². The van der Waals surface area contributed by atoms with E-state index in [0.29, 0.717) is 6.42 Å². The number of benzene rings is 1. The van der Waals surface area contributed by atoms with E-state index in [-0.39, 0.29) is 5.78 Å². The molecule has 2 aromatic heterocycles. The van der Waals surface area contributed by atoms with Crippen LogP contribution >= 0.6 is 11.3 Å². The summed E-state index contributed by atoms with van der Waals surface area (Å²) in [7, 11) is 0. The number of aromatic nitrogens is 1. The molecule has 3 rings (SSSR count). The zero-order chi connectivity index (χ0) is 13.1. The van der Waals surface area contributed by atoms with Crippen molar-refractivity contribution in [3.8, 4) is 0 Å². The number of pyridine rings is 1. The standard InChI is InChI=1S/C16H13NOS/c18-16(6-5-12-8-10-19-11-12)14-7-9-17-15-4-2-1-3-13(14)15/h1-4,7-11H,5-6H2. The number of aryl methyl sites for hydroxylation is 1. The summed E-state index contributed by atoms with van der Waals surface area (Å²) in [5.74, 6) is 0.185. The minimum absolute atomic E-state index is 0.185. The molecule has 0 aliphatic heterocycles. The van der Waals surface area contributed by atoms with Crippen LogP contribution in [0.3, 0.4) is 0 Å². The van der Waals surface area contributed by atoms with E-state index in [2.05, 4.69) is 16.4 Å². The van der Waals surface area contributed by atoms with Gasteiger partial charge in [-0.05, 0) is 40.9 Å². The first-order valence-electron chi connectivity index (χ1n) is 6.22. The van der Waals surface area contributed by atoms with Crippen LogP contribution in [0.4, 0.5) is 0 Å². The quantitative estimate of drug-likeness (QED) is 0.666. The number of para-hydroxylation sites is 1. The van der Waals surface area contributed by atoms with E-state index in [9.17, 15) is 4.79 Å². The number of ketones is 1. The lowest BCUT2D eigenvalue weighted by molar-refractivity contribution is 0.0984. The normalized spacial score (nSPS) is 10.7. The molecule has 0 amide bonds. The molecule has 0 bridgehead atoms. The number of carbonyl (C=O) groups excluding carboxylic acids is 1. The van der Waals surface area contributed by atoms with Gasteiger partial charge in [-0.1, -0.05) is 18.2 Å². The van der Waals surface area contributed by atoms with Crippen LogP contribution in [-0.4, -0.2) is 10.8 Å². The molecule has 0 aliphatic rings. The average molecular weight is 267 g/mol. The third kappa shape index (κ3) is 2.56. The summed E-state index contributed by atoms with van der Waals surface area (Å²) in [4.78, 5) is 16.6. The molecule has 94 valence electrons. The highest BCUT2D eigenvalue weighted by Gasteiger charge is 2.10. The number of hydrogen-bond acceptors (Lipinski definition) is 3. The first-order chi connectivity index (χ1) is 9.34. The van der Waals surface area contributed by atoms with E-state index in [0.717, 1.165) is 22.9 Å². The van der Waals surface area contributed by atoms with Crippen LogP contribution in [0.25, 0.3) is 10.9 Å². The van der Waals surface area contributed by atoms with Gasteiger partial charge in [0.1, 0.15) is 0 Å². The Hall–Kier alpha value is -2.00. The van der Waals surface area contributed by atoms with Crippen LogP contribution in [0.1, 0.15) is 22.3 Å². The molecule has 3 aromatic rings. The van der Waals surface area contributed by atoms with E-state index in [1.54, 1.807) is 17.5 Å². The Morgan fingerprint density at radius 3 is 2.89 bits per heavy atom. The van der Waals surface area contributed by atoms with Crippen LogP contribution in [0.5, 0.6) is 0 Å². The summed E-state index contributed by atoms with van der Waals surface area (Å²) in [5, 5.41) is 5.08. The van der Waals surface area contributed by atoms with E-state index in [4.69, 9.17) is 0 Å². The summed E-state index contributed by atoms with van der Waals surface area (Å²) in [6.07, 6.45) is 3.06. The van der Waals surface area contributed by atoms with Crippen LogP contribution in [-0.2, 0) is 6.42 Å². The van der Waals surface area contributed by atoms with Crippen molar-refractivity contribution in [3.05, 3.63) is 64.5 Å². The summed E-state index contributed by atoms with van der Waals surface area (Å²) < 4.78 is 0. The fourth-order valence-electron chi connectivity index (χ4n) is 2.17. The van der Waals surface area contributed by atoms with E-state index in [1.807, 2.05) is 35.7 Å². The summed E-state index contributed by atoms with van der Waals surface area (Å²) >= 11 is 1.67. The van der Waals surface area contributed by atoms with Crippen LogP contribution in [0.2, 0.25) is 0 Å². The molecular formula is C16H13NOS. The molecule has 0 radical (unpaired) electrons.